The molecule has 3 aromatic rings. The molecule has 0 fully saturated rings. The predicted octanol–water partition coefficient (Wildman–Crippen LogP) is 3.81. The van der Waals surface area contributed by atoms with Crippen LogP contribution in [0.3, 0.4) is 0 Å². The first-order valence-corrected chi connectivity index (χ1v) is 8.78. The highest BCUT2D eigenvalue weighted by atomic mass is 32.2. The summed E-state index contributed by atoms with van der Waals surface area (Å²) in [4.78, 5) is 11.0. The van der Waals surface area contributed by atoms with Gasteiger partial charge in [0.25, 0.3) is 0 Å². The zero-order valence-corrected chi connectivity index (χ0v) is 14.0. The molecule has 8 heteroatoms. The largest absolute Gasteiger partial charge is 0.366 e. The number of hydrogen-bond donors (Lipinski definition) is 2. The van der Waals surface area contributed by atoms with E-state index in [1.807, 2.05) is 12.1 Å². The van der Waals surface area contributed by atoms with Crippen molar-refractivity contribution in [2.45, 2.75) is 10.1 Å². The Bertz CT molecular complexity index is 851. The molecule has 1 aromatic heterocycles. The van der Waals surface area contributed by atoms with Gasteiger partial charge in [0.15, 0.2) is 4.34 Å². The van der Waals surface area contributed by atoms with Crippen molar-refractivity contribution < 1.29 is 9.18 Å². The van der Waals surface area contributed by atoms with Crippen molar-refractivity contribution in [2.75, 3.05) is 5.32 Å². The van der Waals surface area contributed by atoms with Gasteiger partial charge in [-0.2, -0.15) is 0 Å². The zero-order chi connectivity index (χ0) is 16.9. The Labute approximate surface area is 146 Å². The number of carbonyl (C=O) groups excluding carboxylic acids is 1. The number of carbonyl (C=O) groups is 1. The van der Waals surface area contributed by atoms with E-state index >= 15 is 0 Å². The van der Waals surface area contributed by atoms with Crippen molar-refractivity contribution in [3.63, 3.8) is 0 Å². The monoisotopic (exact) mass is 360 g/mol. The molecule has 0 saturated carbocycles. The highest BCUT2D eigenvalue weighted by Gasteiger charge is 2.07. The number of nitrogens with two attached hydrogens (primary N) is 1. The van der Waals surface area contributed by atoms with E-state index in [0.29, 0.717) is 22.1 Å². The van der Waals surface area contributed by atoms with Crippen LogP contribution in [0, 0.1) is 5.82 Å². The first-order chi connectivity index (χ1) is 11.6. The quantitative estimate of drug-likeness (QED) is 0.653. The van der Waals surface area contributed by atoms with Gasteiger partial charge in [0, 0.05) is 17.0 Å². The topological polar surface area (TPSA) is 80.9 Å². The van der Waals surface area contributed by atoms with Gasteiger partial charge in [0.05, 0.1) is 0 Å². The average molecular weight is 360 g/mol. The lowest BCUT2D eigenvalue weighted by molar-refractivity contribution is 0.100. The van der Waals surface area contributed by atoms with Crippen LogP contribution in [0.25, 0.3) is 0 Å². The molecule has 0 aliphatic heterocycles. The maximum Gasteiger partial charge on any atom is 0.248 e. The van der Waals surface area contributed by atoms with Crippen LogP contribution in [0.1, 0.15) is 15.9 Å². The summed E-state index contributed by atoms with van der Waals surface area (Å²) in [6.45, 7) is 0. The van der Waals surface area contributed by atoms with Gasteiger partial charge in [-0.05, 0) is 35.9 Å². The van der Waals surface area contributed by atoms with Crippen LogP contribution in [0.5, 0.6) is 0 Å². The molecule has 24 heavy (non-hydrogen) atoms. The van der Waals surface area contributed by atoms with Crippen LogP contribution in [0.4, 0.5) is 15.2 Å². The molecule has 1 heterocycles. The van der Waals surface area contributed by atoms with Gasteiger partial charge < -0.3 is 11.1 Å². The normalized spacial score (nSPS) is 10.5. The van der Waals surface area contributed by atoms with Crippen LogP contribution in [0.15, 0.2) is 52.9 Å². The number of halogens is 1. The van der Waals surface area contributed by atoms with Gasteiger partial charge in [0.1, 0.15) is 5.82 Å². The van der Waals surface area contributed by atoms with E-state index in [9.17, 15) is 9.18 Å². The number of benzene rings is 2. The van der Waals surface area contributed by atoms with Crippen LogP contribution >= 0.6 is 23.1 Å². The van der Waals surface area contributed by atoms with E-state index in [1.54, 1.807) is 24.3 Å². The van der Waals surface area contributed by atoms with Crippen LogP contribution in [0.2, 0.25) is 0 Å². The summed E-state index contributed by atoms with van der Waals surface area (Å²) < 4.78 is 14.0. The van der Waals surface area contributed by atoms with E-state index < -0.39 is 5.91 Å². The minimum absolute atomic E-state index is 0.307. The van der Waals surface area contributed by atoms with Gasteiger partial charge in [-0.15, -0.1) is 10.2 Å². The summed E-state index contributed by atoms with van der Waals surface area (Å²) >= 11 is 2.93. The molecule has 0 aliphatic rings. The Balaban J connectivity index is 1.58. The number of nitrogens with zero attached hydrogens (tertiary/aromatic N) is 2. The van der Waals surface area contributed by atoms with Gasteiger partial charge in [-0.1, -0.05) is 41.3 Å². The van der Waals surface area contributed by atoms with Crippen molar-refractivity contribution in [1.29, 1.82) is 0 Å². The smallest absolute Gasteiger partial charge is 0.248 e. The third-order valence-corrected chi connectivity index (χ3v) is 5.13. The fourth-order valence-electron chi connectivity index (χ4n) is 1.92. The Morgan fingerprint density at radius 3 is 2.71 bits per heavy atom. The number of thioether (sulfide) groups is 1. The highest BCUT2D eigenvalue weighted by molar-refractivity contribution is 8.00. The lowest BCUT2D eigenvalue weighted by Gasteiger charge is -2.01. The molecule has 0 spiro atoms. The molecule has 0 bridgehead atoms. The summed E-state index contributed by atoms with van der Waals surface area (Å²) in [5.74, 6) is -0.0434. The molecular formula is C16H13FN4OS2. The second kappa shape index (κ2) is 7.41. The number of amides is 1. The third kappa shape index (κ3) is 4.30. The average Bonchev–Trinajstić information content (AvgIpc) is 3.01. The second-order valence-electron chi connectivity index (χ2n) is 4.86. The Hall–Kier alpha value is -2.45. The first kappa shape index (κ1) is 16.4. The molecule has 122 valence electrons. The maximum absolute atomic E-state index is 13.2. The van der Waals surface area contributed by atoms with E-state index in [2.05, 4.69) is 15.5 Å². The predicted molar refractivity (Wildman–Crippen MR) is 94.1 cm³/mol. The molecule has 0 saturated heterocycles. The molecule has 3 N–H and O–H groups in total. The molecular weight excluding hydrogens is 347 g/mol. The fraction of sp³-hybridized carbons (Fsp3) is 0.0625. The molecule has 5 nitrogen and oxygen atoms in total. The number of rotatable bonds is 6. The second-order valence-corrected chi connectivity index (χ2v) is 7.06. The molecule has 0 atom stereocenters. The van der Waals surface area contributed by atoms with Crippen LogP contribution in [-0.2, 0) is 5.75 Å². The minimum atomic E-state index is -0.439. The number of anilines is 2. The van der Waals surface area contributed by atoms with Crippen molar-refractivity contribution in [3.8, 4) is 0 Å². The van der Waals surface area contributed by atoms with Gasteiger partial charge >= 0.3 is 0 Å². The molecule has 1 amide bonds. The fourth-order valence-corrected chi connectivity index (χ4v) is 3.65. The number of nitrogens with one attached hydrogen (secondary N) is 1. The van der Waals surface area contributed by atoms with Crippen LogP contribution in [-0.4, -0.2) is 16.1 Å². The minimum Gasteiger partial charge on any atom is -0.366 e. The van der Waals surface area contributed by atoms with Gasteiger partial charge in [0.2, 0.25) is 11.0 Å². The molecule has 0 unspecified atom stereocenters. The highest BCUT2D eigenvalue weighted by Crippen LogP contribution is 2.30. The van der Waals surface area contributed by atoms with E-state index in [-0.39, 0.29) is 5.82 Å². The molecule has 0 aliphatic carbocycles. The Morgan fingerprint density at radius 1 is 1.21 bits per heavy atom. The first-order valence-electron chi connectivity index (χ1n) is 6.98. The summed E-state index contributed by atoms with van der Waals surface area (Å²) in [5, 5.41) is 11.8. The summed E-state index contributed by atoms with van der Waals surface area (Å²) in [5.41, 5.74) is 7.39. The van der Waals surface area contributed by atoms with E-state index in [4.69, 9.17) is 5.73 Å². The van der Waals surface area contributed by atoms with Crippen LogP contribution < -0.4 is 11.1 Å². The third-order valence-electron chi connectivity index (χ3n) is 3.08. The van der Waals surface area contributed by atoms with E-state index in [0.717, 1.165) is 9.90 Å². The lowest BCUT2D eigenvalue weighted by atomic mass is 10.1. The molecule has 0 radical (unpaired) electrons. The zero-order valence-electron chi connectivity index (χ0n) is 12.4. The van der Waals surface area contributed by atoms with Crippen molar-refractivity contribution in [1.82, 2.24) is 10.2 Å². The van der Waals surface area contributed by atoms with Crippen molar-refractivity contribution in [3.05, 3.63) is 65.5 Å². The number of hydrogen-bond acceptors (Lipinski definition) is 6. The lowest BCUT2D eigenvalue weighted by Crippen LogP contribution is -2.10. The summed E-state index contributed by atoms with van der Waals surface area (Å²) in [6, 6.07) is 13.3. The van der Waals surface area contributed by atoms with Crippen molar-refractivity contribution in [2.24, 2.45) is 5.73 Å². The van der Waals surface area contributed by atoms with Gasteiger partial charge in [-0.3, -0.25) is 4.79 Å². The molecule has 3 rings (SSSR count). The standard InChI is InChI=1S/C16H13FN4OS2/c17-12-2-1-3-13(8-12)19-15-20-21-16(24-15)23-9-10-4-6-11(7-5-10)14(18)22/h1-8H,9H2,(H2,18,22)(H,19,20). The van der Waals surface area contributed by atoms with E-state index in [1.165, 1.54) is 35.2 Å². The maximum atomic E-state index is 13.2. The van der Waals surface area contributed by atoms with Gasteiger partial charge in [-0.25, -0.2) is 4.39 Å². The Morgan fingerprint density at radius 2 is 2.00 bits per heavy atom. The SMILES string of the molecule is NC(=O)c1ccc(CSc2nnc(Nc3cccc(F)c3)s2)cc1. The number of primary amides is 1. The Kier molecular flexibility index (Phi) is 5.07. The summed E-state index contributed by atoms with van der Waals surface area (Å²) in [7, 11) is 0. The number of aromatic nitrogens is 2. The van der Waals surface area contributed by atoms with Crippen molar-refractivity contribution >= 4 is 39.8 Å². The molecule has 2 aromatic carbocycles. The summed E-state index contributed by atoms with van der Waals surface area (Å²) in [6.07, 6.45) is 0.